The van der Waals surface area contributed by atoms with Crippen molar-refractivity contribution in [3.05, 3.63) is 34.9 Å². The minimum atomic E-state index is 0.128. The Hall–Kier alpha value is -0.530. The van der Waals surface area contributed by atoms with E-state index in [4.69, 9.17) is 23.2 Å². The first kappa shape index (κ1) is 10.6. The fraction of sp³-hybridized carbons (Fsp3) is 0.300. The molecule has 1 rings (SSSR count). The normalized spacial score (nSPS) is 10.0. The van der Waals surface area contributed by atoms with Gasteiger partial charge in [-0.3, -0.25) is 4.79 Å². The van der Waals surface area contributed by atoms with E-state index in [1.54, 1.807) is 6.07 Å². The minimum absolute atomic E-state index is 0.128. The zero-order chi connectivity index (χ0) is 9.68. The Balaban J connectivity index is 2.63. The van der Waals surface area contributed by atoms with E-state index in [-0.39, 0.29) is 5.78 Å². The van der Waals surface area contributed by atoms with Crippen LogP contribution < -0.4 is 0 Å². The summed E-state index contributed by atoms with van der Waals surface area (Å²) in [5, 5.41) is 0.644. The standard InChI is InChI=1S/C10H10Cl2O/c11-6-5-9(13)7-8-3-1-2-4-10(8)12/h1-4H,5-7H2. The summed E-state index contributed by atoms with van der Waals surface area (Å²) in [6.45, 7) is 0. The quantitative estimate of drug-likeness (QED) is 0.708. The Morgan fingerprint density at radius 1 is 1.31 bits per heavy atom. The highest BCUT2D eigenvalue weighted by Crippen LogP contribution is 2.15. The van der Waals surface area contributed by atoms with E-state index in [0.717, 1.165) is 5.56 Å². The number of ketones is 1. The molecule has 3 heteroatoms. The number of Topliss-reactive ketones (excluding diaryl/α,β-unsaturated/α-hetero) is 1. The van der Waals surface area contributed by atoms with E-state index in [9.17, 15) is 4.79 Å². The molecule has 0 bridgehead atoms. The van der Waals surface area contributed by atoms with Gasteiger partial charge in [-0.2, -0.15) is 0 Å². The first-order chi connectivity index (χ1) is 6.24. The topological polar surface area (TPSA) is 17.1 Å². The van der Waals surface area contributed by atoms with E-state index in [2.05, 4.69) is 0 Å². The first-order valence-corrected chi connectivity index (χ1v) is 4.96. The third-order valence-corrected chi connectivity index (χ3v) is 2.28. The van der Waals surface area contributed by atoms with Gasteiger partial charge in [0.2, 0.25) is 0 Å². The lowest BCUT2D eigenvalue weighted by molar-refractivity contribution is -0.118. The summed E-state index contributed by atoms with van der Waals surface area (Å²) < 4.78 is 0. The van der Waals surface area contributed by atoms with Crippen LogP contribution in [0.15, 0.2) is 24.3 Å². The van der Waals surface area contributed by atoms with Crippen LogP contribution in [0.3, 0.4) is 0 Å². The van der Waals surface area contributed by atoms with Gasteiger partial charge in [-0.25, -0.2) is 0 Å². The van der Waals surface area contributed by atoms with Gasteiger partial charge in [0.05, 0.1) is 0 Å². The van der Waals surface area contributed by atoms with Crippen molar-refractivity contribution in [2.75, 3.05) is 5.88 Å². The molecular weight excluding hydrogens is 207 g/mol. The van der Waals surface area contributed by atoms with Crippen molar-refractivity contribution >= 4 is 29.0 Å². The Bertz CT molecular complexity index is 297. The Kier molecular flexibility index (Phi) is 4.26. The van der Waals surface area contributed by atoms with Crippen LogP contribution >= 0.6 is 23.2 Å². The third kappa shape index (κ3) is 3.37. The first-order valence-electron chi connectivity index (χ1n) is 4.05. The molecule has 0 amide bonds. The molecule has 13 heavy (non-hydrogen) atoms. The van der Waals surface area contributed by atoms with Gasteiger partial charge >= 0.3 is 0 Å². The molecule has 0 saturated heterocycles. The Labute approximate surface area is 87.7 Å². The number of hydrogen-bond acceptors (Lipinski definition) is 1. The third-order valence-electron chi connectivity index (χ3n) is 1.72. The number of alkyl halides is 1. The molecule has 1 nitrogen and oxygen atoms in total. The van der Waals surface area contributed by atoms with Gasteiger partial charge in [0.1, 0.15) is 5.78 Å². The summed E-state index contributed by atoms with van der Waals surface area (Å²) in [4.78, 5) is 11.2. The predicted molar refractivity (Wildman–Crippen MR) is 55.5 cm³/mol. The van der Waals surface area contributed by atoms with Gasteiger partial charge in [0.15, 0.2) is 0 Å². The molecule has 0 heterocycles. The molecule has 0 aliphatic rings. The molecular formula is C10H10Cl2O. The van der Waals surface area contributed by atoms with Crippen LogP contribution in [0.5, 0.6) is 0 Å². The van der Waals surface area contributed by atoms with Crippen molar-refractivity contribution in [1.29, 1.82) is 0 Å². The average Bonchev–Trinajstić information content (AvgIpc) is 2.09. The second-order valence-corrected chi connectivity index (χ2v) is 3.53. The highest BCUT2D eigenvalue weighted by molar-refractivity contribution is 6.31. The lowest BCUT2D eigenvalue weighted by Gasteiger charge is -2.01. The highest BCUT2D eigenvalue weighted by atomic mass is 35.5. The zero-order valence-corrected chi connectivity index (χ0v) is 8.61. The maximum atomic E-state index is 11.2. The Morgan fingerprint density at radius 2 is 2.00 bits per heavy atom. The molecule has 0 saturated carbocycles. The molecule has 0 atom stereocenters. The van der Waals surface area contributed by atoms with Crippen molar-refractivity contribution < 1.29 is 4.79 Å². The number of carbonyl (C=O) groups is 1. The lowest BCUT2D eigenvalue weighted by Crippen LogP contribution is -2.03. The van der Waals surface area contributed by atoms with Gasteiger partial charge < -0.3 is 0 Å². The average molecular weight is 217 g/mol. The van der Waals surface area contributed by atoms with E-state index in [0.29, 0.717) is 23.7 Å². The molecule has 0 fully saturated rings. The van der Waals surface area contributed by atoms with Gasteiger partial charge in [0, 0.05) is 23.7 Å². The largest absolute Gasteiger partial charge is 0.299 e. The zero-order valence-electron chi connectivity index (χ0n) is 7.09. The van der Waals surface area contributed by atoms with E-state index >= 15 is 0 Å². The monoisotopic (exact) mass is 216 g/mol. The summed E-state index contributed by atoms with van der Waals surface area (Å²) >= 11 is 11.3. The summed E-state index contributed by atoms with van der Waals surface area (Å²) in [7, 11) is 0. The van der Waals surface area contributed by atoms with Crippen LogP contribution in [-0.2, 0) is 11.2 Å². The molecule has 0 aliphatic carbocycles. The highest BCUT2D eigenvalue weighted by Gasteiger charge is 2.05. The SMILES string of the molecule is O=C(CCCl)Cc1ccccc1Cl. The molecule has 0 spiro atoms. The van der Waals surface area contributed by atoms with Crippen molar-refractivity contribution in [2.45, 2.75) is 12.8 Å². The fourth-order valence-electron chi connectivity index (χ4n) is 1.05. The summed E-state index contributed by atoms with van der Waals surface area (Å²) in [5.41, 5.74) is 0.874. The molecule has 1 aromatic rings. The molecule has 0 radical (unpaired) electrons. The van der Waals surface area contributed by atoms with E-state index in [1.807, 2.05) is 18.2 Å². The van der Waals surface area contributed by atoms with Crippen molar-refractivity contribution in [3.63, 3.8) is 0 Å². The molecule has 0 N–H and O–H groups in total. The molecule has 70 valence electrons. The lowest BCUT2D eigenvalue weighted by atomic mass is 10.1. The second kappa shape index (κ2) is 5.25. The Morgan fingerprint density at radius 3 is 2.62 bits per heavy atom. The minimum Gasteiger partial charge on any atom is -0.299 e. The number of halogens is 2. The van der Waals surface area contributed by atoms with Crippen LogP contribution in [0, 0.1) is 0 Å². The van der Waals surface area contributed by atoms with E-state index in [1.165, 1.54) is 0 Å². The summed E-state index contributed by atoms with van der Waals surface area (Å²) in [5.74, 6) is 0.506. The van der Waals surface area contributed by atoms with Crippen LogP contribution in [0.1, 0.15) is 12.0 Å². The molecule has 1 aromatic carbocycles. The van der Waals surface area contributed by atoms with Gasteiger partial charge in [-0.15, -0.1) is 11.6 Å². The number of hydrogen-bond donors (Lipinski definition) is 0. The van der Waals surface area contributed by atoms with Crippen LogP contribution in [0.4, 0.5) is 0 Å². The van der Waals surface area contributed by atoms with Crippen molar-refractivity contribution in [2.24, 2.45) is 0 Å². The smallest absolute Gasteiger partial charge is 0.138 e. The van der Waals surface area contributed by atoms with Gasteiger partial charge in [-0.1, -0.05) is 29.8 Å². The van der Waals surface area contributed by atoms with E-state index < -0.39 is 0 Å². The molecule has 0 unspecified atom stereocenters. The number of benzene rings is 1. The maximum Gasteiger partial charge on any atom is 0.138 e. The fourth-order valence-corrected chi connectivity index (χ4v) is 1.46. The van der Waals surface area contributed by atoms with Gasteiger partial charge in [-0.05, 0) is 11.6 Å². The van der Waals surface area contributed by atoms with Crippen LogP contribution in [-0.4, -0.2) is 11.7 Å². The number of rotatable bonds is 4. The van der Waals surface area contributed by atoms with Crippen LogP contribution in [0.2, 0.25) is 5.02 Å². The van der Waals surface area contributed by atoms with Crippen molar-refractivity contribution in [1.82, 2.24) is 0 Å². The summed E-state index contributed by atoms with van der Waals surface area (Å²) in [6.07, 6.45) is 0.791. The maximum absolute atomic E-state index is 11.2. The summed E-state index contributed by atoms with van der Waals surface area (Å²) in [6, 6.07) is 7.35. The second-order valence-electron chi connectivity index (χ2n) is 2.75. The van der Waals surface area contributed by atoms with Crippen LogP contribution in [0.25, 0.3) is 0 Å². The van der Waals surface area contributed by atoms with Crippen molar-refractivity contribution in [3.8, 4) is 0 Å². The molecule has 0 aromatic heterocycles. The molecule has 0 aliphatic heterocycles. The predicted octanol–water partition coefficient (Wildman–Crippen LogP) is 3.08. The number of carbonyl (C=O) groups excluding carboxylic acids is 1. The van der Waals surface area contributed by atoms with Gasteiger partial charge in [0.25, 0.3) is 0 Å².